The number of ether oxygens (including phenoxy) is 1. The van der Waals surface area contributed by atoms with Crippen LogP contribution in [0.25, 0.3) is 0 Å². The lowest BCUT2D eigenvalue weighted by atomic mass is 10.1. The molecule has 3 rings (SSSR count). The Labute approximate surface area is 138 Å². The van der Waals surface area contributed by atoms with Crippen LogP contribution < -0.4 is 5.32 Å². The number of hydrogen-bond acceptors (Lipinski definition) is 5. The summed E-state index contributed by atoms with van der Waals surface area (Å²) >= 11 is 1.49. The third-order valence-electron chi connectivity index (χ3n) is 4.09. The van der Waals surface area contributed by atoms with Crippen LogP contribution in [-0.4, -0.2) is 28.8 Å². The molecule has 6 nitrogen and oxygen atoms in total. The third-order valence-corrected chi connectivity index (χ3v) is 5.30. The molecule has 1 N–H and O–H groups in total. The highest BCUT2D eigenvalue weighted by Crippen LogP contribution is 2.38. The number of methoxy groups -OCH3 is 1. The Morgan fingerprint density at radius 2 is 2.09 bits per heavy atom. The van der Waals surface area contributed by atoms with Crippen molar-refractivity contribution in [2.45, 2.75) is 32.1 Å². The van der Waals surface area contributed by atoms with Crippen LogP contribution >= 0.6 is 11.3 Å². The summed E-state index contributed by atoms with van der Waals surface area (Å²) in [4.78, 5) is 25.8. The van der Waals surface area contributed by atoms with Crippen molar-refractivity contribution in [2.75, 3.05) is 12.4 Å². The fraction of sp³-hybridized carbons (Fsp3) is 0.438. The molecule has 23 heavy (non-hydrogen) atoms. The summed E-state index contributed by atoms with van der Waals surface area (Å²) in [6, 6.07) is 1.64. The number of amides is 1. The minimum atomic E-state index is -0.385. The van der Waals surface area contributed by atoms with Gasteiger partial charge in [0, 0.05) is 18.1 Å². The molecule has 2 aromatic rings. The van der Waals surface area contributed by atoms with Crippen molar-refractivity contribution < 1.29 is 14.3 Å². The number of carbonyl (C=O) groups is 2. The molecule has 122 valence electrons. The van der Waals surface area contributed by atoms with Crippen LogP contribution in [0.3, 0.4) is 0 Å². The minimum Gasteiger partial charge on any atom is -0.465 e. The first-order valence-corrected chi connectivity index (χ1v) is 8.45. The molecule has 0 aromatic carbocycles. The number of thiophene rings is 1. The number of hydrogen-bond donors (Lipinski definition) is 1. The summed E-state index contributed by atoms with van der Waals surface area (Å²) in [7, 11) is 3.08. The second-order valence-electron chi connectivity index (χ2n) is 5.55. The lowest BCUT2D eigenvalue weighted by molar-refractivity contribution is 0.0601. The monoisotopic (exact) mass is 333 g/mol. The van der Waals surface area contributed by atoms with Crippen LogP contribution in [0.4, 0.5) is 5.00 Å². The summed E-state index contributed by atoms with van der Waals surface area (Å²) in [6.07, 6.45) is 6.72. The Kier molecular flexibility index (Phi) is 4.47. The molecular formula is C16H19N3O3S. The number of anilines is 1. The van der Waals surface area contributed by atoms with E-state index < -0.39 is 0 Å². The van der Waals surface area contributed by atoms with Gasteiger partial charge >= 0.3 is 5.97 Å². The van der Waals surface area contributed by atoms with Crippen molar-refractivity contribution in [3.63, 3.8) is 0 Å². The maximum atomic E-state index is 12.4. The Morgan fingerprint density at radius 1 is 1.30 bits per heavy atom. The molecule has 0 aliphatic heterocycles. The van der Waals surface area contributed by atoms with Gasteiger partial charge in [0.15, 0.2) is 0 Å². The summed E-state index contributed by atoms with van der Waals surface area (Å²) in [5.74, 6) is -0.656. The molecule has 7 heteroatoms. The lowest BCUT2D eigenvalue weighted by Crippen LogP contribution is -2.17. The van der Waals surface area contributed by atoms with Gasteiger partial charge in [-0.05, 0) is 37.3 Å². The van der Waals surface area contributed by atoms with Gasteiger partial charge in [-0.2, -0.15) is 5.10 Å². The molecule has 0 bridgehead atoms. The van der Waals surface area contributed by atoms with Crippen molar-refractivity contribution >= 4 is 28.2 Å². The molecule has 1 amide bonds. The van der Waals surface area contributed by atoms with E-state index in [2.05, 4.69) is 10.4 Å². The van der Waals surface area contributed by atoms with Gasteiger partial charge < -0.3 is 10.1 Å². The molecule has 0 saturated heterocycles. The molecule has 0 unspecified atom stereocenters. The van der Waals surface area contributed by atoms with Crippen LogP contribution in [0.5, 0.6) is 0 Å². The maximum absolute atomic E-state index is 12.4. The number of nitrogens with zero attached hydrogens (tertiary/aromatic N) is 2. The van der Waals surface area contributed by atoms with E-state index in [0.29, 0.717) is 16.3 Å². The van der Waals surface area contributed by atoms with Gasteiger partial charge in [0.25, 0.3) is 5.91 Å². The van der Waals surface area contributed by atoms with Crippen LogP contribution in [0.15, 0.2) is 12.3 Å². The van der Waals surface area contributed by atoms with E-state index in [1.54, 1.807) is 19.3 Å². The lowest BCUT2D eigenvalue weighted by Gasteiger charge is -2.07. The van der Waals surface area contributed by atoms with Crippen LogP contribution in [-0.2, 0) is 24.6 Å². The number of fused-ring (bicyclic) bond motifs is 1. The van der Waals surface area contributed by atoms with E-state index in [1.807, 2.05) is 0 Å². The fourth-order valence-electron chi connectivity index (χ4n) is 2.91. The number of carbonyl (C=O) groups excluding carboxylic acids is 2. The van der Waals surface area contributed by atoms with Crippen molar-refractivity contribution in [2.24, 2.45) is 7.05 Å². The van der Waals surface area contributed by atoms with E-state index in [-0.39, 0.29) is 11.9 Å². The Bertz CT molecular complexity index is 748. The Morgan fingerprint density at radius 3 is 2.78 bits per heavy atom. The van der Waals surface area contributed by atoms with E-state index in [1.165, 1.54) is 34.4 Å². The highest BCUT2D eigenvalue weighted by atomic mass is 32.1. The Hall–Kier alpha value is -2.15. The molecule has 0 fully saturated rings. The smallest absolute Gasteiger partial charge is 0.341 e. The van der Waals surface area contributed by atoms with Crippen molar-refractivity contribution in [1.29, 1.82) is 0 Å². The molecule has 0 spiro atoms. The second kappa shape index (κ2) is 6.54. The van der Waals surface area contributed by atoms with Crippen molar-refractivity contribution in [1.82, 2.24) is 9.78 Å². The predicted molar refractivity (Wildman–Crippen MR) is 88.1 cm³/mol. The standard InChI is InChI=1S/C16H19N3O3S/c1-19-11(8-9-17-19)14(20)18-15-13(16(21)22-2)10-6-4-3-5-7-12(10)23-15/h8-9H,3-7H2,1-2H3,(H,18,20). The van der Waals surface area contributed by atoms with Gasteiger partial charge in [-0.15, -0.1) is 11.3 Å². The van der Waals surface area contributed by atoms with Crippen LogP contribution in [0, 0.1) is 0 Å². The average Bonchev–Trinajstić information content (AvgIpc) is 3.03. The molecule has 1 aliphatic carbocycles. The first-order chi connectivity index (χ1) is 11.1. The number of aromatic nitrogens is 2. The van der Waals surface area contributed by atoms with Crippen molar-refractivity contribution in [3.8, 4) is 0 Å². The van der Waals surface area contributed by atoms with Crippen molar-refractivity contribution in [3.05, 3.63) is 34.0 Å². The summed E-state index contributed by atoms with van der Waals surface area (Å²) in [5.41, 5.74) is 2.01. The Balaban J connectivity index is 1.97. The SMILES string of the molecule is COC(=O)c1c(NC(=O)c2ccnn2C)sc2c1CCCCC2. The van der Waals surface area contributed by atoms with Gasteiger partial charge in [-0.1, -0.05) is 6.42 Å². The first kappa shape index (κ1) is 15.7. The van der Waals surface area contributed by atoms with E-state index >= 15 is 0 Å². The van der Waals surface area contributed by atoms with Gasteiger partial charge in [-0.3, -0.25) is 9.48 Å². The molecule has 0 saturated carbocycles. The van der Waals surface area contributed by atoms with Crippen LogP contribution in [0.2, 0.25) is 0 Å². The first-order valence-electron chi connectivity index (χ1n) is 7.64. The normalized spacial score (nSPS) is 14.0. The largest absolute Gasteiger partial charge is 0.465 e. The molecular weight excluding hydrogens is 314 g/mol. The summed E-state index contributed by atoms with van der Waals surface area (Å²) < 4.78 is 6.44. The summed E-state index contributed by atoms with van der Waals surface area (Å²) in [6.45, 7) is 0. The van der Waals surface area contributed by atoms with Gasteiger partial charge in [-0.25, -0.2) is 4.79 Å². The number of rotatable bonds is 3. The van der Waals surface area contributed by atoms with E-state index in [0.717, 1.165) is 31.2 Å². The van der Waals surface area contributed by atoms with Crippen LogP contribution in [0.1, 0.15) is 50.5 Å². The second-order valence-corrected chi connectivity index (χ2v) is 6.66. The highest BCUT2D eigenvalue weighted by Gasteiger charge is 2.26. The topological polar surface area (TPSA) is 73.2 Å². The quantitative estimate of drug-likeness (QED) is 0.692. The highest BCUT2D eigenvalue weighted by molar-refractivity contribution is 7.17. The third kappa shape index (κ3) is 3.01. The average molecular weight is 333 g/mol. The van der Waals surface area contributed by atoms with Gasteiger partial charge in [0.05, 0.1) is 12.7 Å². The number of esters is 1. The number of nitrogens with one attached hydrogen (secondary N) is 1. The zero-order valence-corrected chi connectivity index (χ0v) is 14.0. The summed E-state index contributed by atoms with van der Waals surface area (Å²) in [5, 5.41) is 7.44. The predicted octanol–water partition coefficient (Wildman–Crippen LogP) is 2.79. The maximum Gasteiger partial charge on any atom is 0.341 e. The van der Waals surface area contributed by atoms with Gasteiger partial charge in [0.1, 0.15) is 10.7 Å². The molecule has 0 atom stereocenters. The number of aryl methyl sites for hydroxylation is 2. The molecule has 1 aliphatic rings. The minimum absolute atomic E-state index is 0.272. The zero-order chi connectivity index (χ0) is 16.4. The van der Waals surface area contributed by atoms with E-state index in [4.69, 9.17) is 4.74 Å². The molecule has 0 radical (unpaired) electrons. The van der Waals surface area contributed by atoms with Gasteiger partial charge in [0.2, 0.25) is 0 Å². The van der Waals surface area contributed by atoms with E-state index in [9.17, 15) is 9.59 Å². The zero-order valence-electron chi connectivity index (χ0n) is 13.2. The fourth-order valence-corrected chi connectivity index (χ4v) is 4.18. The molecule has 2 aromatic heterocycles. The molecule has 2 heterocycles.